The molecule has 0 radical (unpaired) electrons. The number of pyridine rings is 1. The lowest BCUT2D eigenvalue weighted by atomic mass is 10.2. The van der Waals surface area contributed by atoms with Crippen molar-refractivity contribution in [2.75, 3.05) is 37.6 Å². The first-order chi connectivity index (χ1) is 10.4. The van der Waals surface area contributed by atoms with E-state index in [0.29, 0.717) is 0 Å². The van der Waals surface area contributed by atoms with E-state index >= 15 is 0 Å². The number of nitrogens with zero attached hydrogens (tertiary/aromatic N) is 3. The van der Waals surface area contributed by atoms with Crippen LogP contribution in [0.15, 0.2) is 18.2 Å². The highest BCUT2D eigenvalue weighted by Gasteiger charge is 2.29. The molecule has 0 aliphatic carbocycles. The highest BCUT2D eigenvalue weighted by Crippen LogP contribution is 2.24. The van der Waals surface area contributed by atoms with Crippen LogP contribution < -0.4 is 10.2 Å². The molecule has 2 fully saturated rings. The van der Waals surface area contributed by atoms with Crippen LogP contribution in [0.25, 0.3) is 0 Å². The van der Waals surface area contributed by atoms with Crippen molar-refractivity contribution in [3.05, 3.63) is 23.9 Å². The smallest absolute Gasteiger partial charge is 0.128 e. The molecule has 2 aliphatic heterocycles. The Labute approximate surface area is 128 Å². The monoisotopic (exact) mass is 288 g/mol. The quantitative estimate of drug-likeness (QED) is 0.814. The van der Waals surface area contributed by atoms with E-state index in [2.05, 4.69) is 40.2 Å². The highest BCUT2D eigenvalue weighted by atomic mass is 15.3. The summed E-state index contributed by atoms with van der Waals surface area (Å²) in [6.07, 6.45) is 5.23. The number of hydrogen-bond donors (Lipinski definition) is 1. The van der Waals surface area contributed by atoms with E-state index in [4.69, 9.17) is 4.98 Å². The van der Waals surface area contributed by atoms with Crippen LogP contribution in [0, 0.1) is 0 Å². The summed E-state index contributed by atoms with van der Waals surface area (Å²) in [5.41, 5.74) is 1.16. The summed E-state index contributed by atoms with van der Waals surface area (Å²) in [6, 6.07) is 7.18. The van der Waals surface area contributed by atoms with Gasteiger partial charge in [-0.05, 0) is 57.5 Å². The molecule has 116 valence electrons. The van der Waals surface area contributed by atoms with Crippen LogP contribution in [0.4, 0.5) is 5.82 Å². The van der Waals surface area contributed by atoms with Gasteiger partial charge in [-0.1, -0.05) is 13.0 Å². The molecule has 2 aliphatic rings. The first-order valence-corrected chi connectivity index (χ1v) is 8.52. The number of aromatic nitrogens is 1. The van der Waals surface area contributed by atoms with Gasteiger partial charge in [-0.15, -0.1) is 0 Å². The van der Waals surface area contributed by atoms with E-state index in [1.54, 1.807) is 0 Å². The Morgan fingerprint density at radius 1 is 1.24 bits per heavy atom. The van der Waals surface area contributed by atoms with E-state index in [1.165, 1.54) is 38.8 Å². The summed E-state index contributed by atoms with van der Waals surface area (Å²) in [4.78, 5) is 9.97. The number of hydrogen-bond acceptors (Lipinski definition) is 4. The fourth-order valence-corrected chi connectivity index (χ4v) is 3.49. The zero-order valence-electron chi connectivity index (χ0n) is 13.2. The predicted molar refractivity (Wildman–Crippen MR) is 87.7 cm³/mol. The molecule has 4 nitrogen and oxygen atoms in total. The van der Waals surface area contributed by atoms with Gasteiger partial charge in [0.2, 0.25) is 0 Å². The summed E-state index contributed by atoms with van der Waals surface area (Å²) in [5.74, 6) is 1.16. The average molecular weight is 288 g/mol. The molecule has 0 amide bonds. The Morgan fingerprint density at radius 3 is 2.90 bits per heavy atom. The molecule has 1 aromatic heterocycles. The SMILES string of the molecule is CCCNCc1cccc(N2CCC(N3CCCC3)C2)n1. The van der Waals surface area contributed by atoms with Gasteiger partial charge in [0.25, 0.3) is 0 Å². The highest BCUT2D eigenvalue weighted by molar-refractivity contribution is 5.41. The second kappa shape index (κ2) is 7.23. The van der Waals surface area contributed by atoms with Crippen molar-refractivity contribution in [3.63, 3.8) is 0 Å². The van der Waals surface area contributed by atoms with Gasteiger partial charge < -0.3 is 10.2 Å². The summed E-state index contributed by atoms with van der Waals surface area (Å²) >= 11 is 0. The third-order valence-electron chi connectivity index (χ3n) is 4.67. The topological polar surface area (TPSA) is 31.4 Å². The maximum absolute atomic E-state index is 4.83. The van der Waals surface area contributed by atoms with Crippen molar-refractivity contribution >= 4 is 5.82 Å². The van der Waals surface area contributed by atoms with Crippen LogP contribution >= 0.6 is 0 Å². The van der Waals surface area contributed by atoms with Crippen LogP contribution in [-0.4, -0.2) is 48.6 Å². The zero-order valence-corrected chi connectivity index (χ0v) is 13.2. The van der Waals surface area contributed by atoms with Crippen molar-refractivity contribution in [3.8, 4) is 0 Å². The normalized spacial score (nSPS) is 23.1. The Kier molecular flexibility index (Phi) is 5.09. The lowest BCUT2D eigenvalue weighted by molar-refractivity contribution is 0.260. The van der Waals surface area contributed by atoms with Crippen molar-refractivity contribution in [2.45, 2.75) is 45.2 Å². The van der Waals surface area contributed by atoms with Crippen molar-refractivity contribution in [2.24, 2.45) is 0 Å². The molecule has 1 aromatic rings. The molecule has 4 heteroatoms. The first kappa shape index (κ1) is 14.8. The molecule has 0 bridgehead atoms. The fraction of sp³-hybridized carbons (Fsp3) is 0.706. The van der Waals surface area contributed by atoms with Gasteiger partial charge >= 0.3 is 0 Å². The Morgan fingerprint density at radius 2 is 2.10 bits per heavy atom. The zero-order chi connectivity index (χ0) is 14.5. The third kappa shape index (κ3) is 3.74. The number of anilines is 1. The predicted octanol–water partition coefficient (Wildman–Crippen LogP) is 2.26. The third-order valence-corrected chi connectivity index (χ3v) is 4.67. The average Bonchev–Trinajstić information content (AvgIpc) is 3.19. The van der Waals surface area contributed by atoms with E-state index < -0.39 is 0 Å². The minimum atomic E-state index is 0.746. The Balaban J connectivity index is 1.57. The second-order valence-corrected chi connectivity index (χ2v) is 6.30. The van der Waals surface area contributed by atoms with Gasteiger partial charge in [-0.3, -0.25) is 4.90 Å². The fourth-order valence-electron chi connectivity index (χ4n) is 3.49. The van der Waals surface area contributed by atoms with E-state index in [-0.39, 0.29) is 0 Å². The summed E-state index contributed by atoms with van der Waals surface area (Å²) in [7, 11) is 0. The standard InChI is InChI=1S/C17H28N4/c1-2-9-18-13-15-6-5-7-17(19-15)21-12-8-16(14-21)20-10-3-4-11-20/h5-7,16,18H,2-4,8-14H2,1H3. The number of likely N-dealkylation sites (tertiary alicyclic amines) is 1. The van der Waals surface area contributed by atoms with Gasteiger partial charge in [0, 0.05) is 25.7 Å². The molecule has 3 heterocycles. The summed E-state index contributed by atoms with van der Waals surface area (Å²) in [5, 5.41) is 3.43. The van der Waals surface area contributed by atoms with Crippen LogP contribution in [0.3, 0.4) is 0 Å². The first-order valence-electron chi connectivity index (χ1n) is 8.52. The van der Waals surface area contributed by atoms with E-state index in [1.807, 2.05) is 0 Å². The second-order valence-electron chi connectivity index (χ2n) is 6.30. The molecule has 21 heavy (non-hydrogen) atoms. The minimum absolute atomic E-state index is 0.746. The summed E-state index contributed by atoms with van der Waals surface area (Å²) in [6.45, 7) is 9.04. The van der Waals surface area contributed by atoms with Crippen LogP contribution in [0.1, 0.15) is 38.3 Å². The van der Waals surface area contributed by atoms with Crippen molar-refractivity contribution in [1.29, 1.82) is 0 Å². The molecular formula is C17H28N4. The molecule has 0 spiro atoms. The minimum Gasteiger partial charge on any atom is -0.355 e. The lowest BCUT2D eigenvalue weighted by Crippen LogP contribution is -2.35. The van der Waals surface area contributed by atoms with Gasteiger partial charge in [0.05, 0.1) is 5.69 Å². The van der Waals surface area contributed by atoms with Crippen LogP contribution in [0.5, 0.6) is 0 Å². The molecule has 3 rings (SSSR count). The van der Waals surface area contributed by atoms with Gasteiger partial charge in [0.1, 0.15) is 5.82 Å². The molecular weight excluding hydrogens is 260 g/mol. The van der Waals surface area contributed by atoms with E-state index in [9.17, 15) is 0 Å². The van der Waals surface area contributed by atoms with Crippen molar-refractivity contribution < 1.29 is 0 Å². The Bertz CT molecular complexity index is 442. The molecule has 1 atom stereocenters. The van der Waals surface area contributed by atoms with Crippen LogP contribution in [-0.2, 0) is 6.54 Å². The van der Waals surface area contributed by atoms with Gasteiger partial charge in [-0.2, -0.15) is 0 Å². The lowest BCUT2D eigenvalue weighted by Gasteiger charge is -2.24. The molecule has 0 saturated carbocycles. The summed E-state index contributed by atoms with van der Waals surface area (Å²) < 4.78 is 0. The Hall–Kier alpha value is -1.13. The molecule has 1 unspecified atom stereocenters. The van der Waals surface area contributed by atoms with E-state index in [0.717, 1.165) is 43.7 Å². The number of nitrogens with one attached hydrogen (secondary N) is 1. The molecule has 0 aromatic carbocycles. The van der Waals surface area contributed by atoms with Crippen molar-refractivity contribution in [1.82, 2.24) is 15.2 Å². The van der Waals surface area contributed by atoms with Gasteiger partial charge in [0.15, 0.2) is 0 Å². The maximum atomic E-state index is 4.83. The maximum Gasteiger partial charge on any atom is 0.128 e. The largest absolute Gasteiger partial charge is 0.355 e. The number of rotatable bonds is 6. The van der Waals surface area contributed by atoms with Crippen LogP contribution in [0.2, 0.25) is 0 Å². The van der Waals surface area contributed by atoms with Gasteiger partial charge in [-0.25, -0.2) is 4.98 Å². The molecule has 2 saturated heterocycles. The molecule has 1 N–H and O–H groups in total.